The number of rotatable bonds is 7. The molecule has 0 saturated heterocycles. The molecular formula is C16H23N. The lowest BCUT2D eigenvalue weighted by Crippen LogP contribution is -2.22. The Morgan fingerprint density at radius 2 is 2.00 bits per heavy atom. The van der Waals surface area contributed by atoms with Gasteiger partial charge < -0.3 is 5.32 Å². The lowest BCUT2D eigenvalue weighted by atomic mass is 10.0. The van der Waals surface area contributed by atoms with Gasteiger partial charge in [-0.15, -0.1) is 11.8 Å². The predicted molar refractivity (Wildman–Crippen MR) is 74.8 cm³/mol. The first-order valence-electron chi connectivity index (χ1n) is 6.56. The highest BCUT2D eigenvalue weighted by Crippen LogP contribution is 2.18. The summed E-state index contributed by atoms with van der Waals surface area (Å²) in [5.74, 6) is 6.09. The van der Waals surface area contributed by atoms with E-state index in [1.807, 2.05) is 6.92 Å². The third-order valence-electron chi connectivity index (χ3n) is 2.81. The summed E-state index contributed by atoms with van der Waals surface area (Å²) in [6.45, 7) is 5.20. The molecule has 1 atom stereocenters. The maximum atomic E-state index is 3.61. The van der Waals surface area contributed by atoms with Gasteiger partial charge in [0.2, 0.25) is 0 Å². The molecule has 0 aliphatic carbocycles. The summed E-state index contributed by atoms with van der Waals surface area (Å²) in [4.78, 5) is 0. The molecule has 0 amide bonds. The summed E-state index contributed by atoms with van der Waals surface area (Å²) >= 11 is 0. The van der Waals surface area contributed by atoms with Crippen LogP contribution in [0.2, 0.25) is 0 Å². The Morgan fingerprint density at radius 3 is 2.65 bits per heavy atom. The van der Waals surface area contributed by atoms with Gasteiger partial charge in [-0.3, -0.25) is 0 Å². The molecule has 92 valence electrons. The lowest BCUT2D eigenvalue weighted by Gasteiger charge is -2.18. The third kappa shape index (κ3) is 5.56. The molecule has 0 aromatic heterocycles. The molecule has 1 N–H and O–H groups in total. The van der Waals surface area contributed by atoms with Crippen LogP contribution in [0.15, 0.2) is 30.3 Å². The van der Waals surface area contributed by atoms with E-state index in [1.165, 1.54) is 18.4 Å². The molecule has 0 spiro atoms. The fourth-order valence-electron chi connectivity index (χ4n) is 1.91. The zero-order valence-corrected chi connectivity index (χ0v) is 11.0. The minimum Gasteiger partial charge on any atom is -0.310 e. The average Bonchev–Trinajstić information content (AvgIpc) is 2.39. The average molecular weight is 229 g/mol. The second-order valence-corrected chi connectivity index (χ2v) is 4.24. The Labute approximate surface area is 106 Å². The number of hydrogen-bond acceptors (Lipinski definition) is 1. The van der Waals surface area contributed by atoms with Crippen molar-refractivity contribution in [3.8, 4) is 11.8 Å². The van der Waals surface area contributed by atoms with Gasteiger partial charge >= 0.3 is 0 Å². The molecule has 0 aliphatic rings. The molecule has 0 bridgehead atoms. The highest BCUT2D eigenvalue weighted by molar-refractivity contribution is 5.18. The van der Waals surface area contributed by atoms with Crippen molar-refractivity contribution in [2.24, 2.45) is 0 Å². The van der Waals surface area contributed by atoms with Gasteiger partial charge in [-0.1, -0.05) is 37.3 Å². The first kappa shape index (κ1) is 13.8. The van der Waals surface area contributed by atoms with E-state index in [0.29, 0.717) is 6.04 Å². The maximum Gasteiger partial charge on any atom is 0.0320 e. The van der Waals surface area contributed by atoms with Crippen LogP contribution < -0.4 is 5.32 Å². The molecule has 0 heterocycles. The molecule has 1 aromatic rings. The number of hydrogen-bond donors (Lipinski definition) is 1. The van der Waals surface area contributed by atoms with Gasteiger partial charge in [-0.05, 0) is 38.3 Å². The van der Waals surface area contributed by atoms with Gasteiger partial charge in [0.1, 0.15) is 0 Å². The van der Waals surface area contributed by atoms with E-state index in [-0.39, 0.29) is 0 Å². The first-order chi connectivity index (χ1) is 8.38. The van der Waals surface area contributed by atoms with Crippen molar-refractivity contribution in [1.82, 2.24) is 5.32 Å². The van der Waals surface area contributed by atoms with Gasteiger partial charge in [0.05, 0.1) is 0 Å². The van der Waals surface area contributed by atoms with Crippen molar-refractivity contribution in [2.75, 3.05) is 6.54 Å². The number of unbranched alkanes of at least 4 members (excludes halogenated alkanes) is 1. The van der Waals surface area contributed by atoms with Crippen molar-refractivity contribution in [1.29, 1.82) is 0 Å². The summed E-state index contributed by atoms with van der Waals surface area (Å²) in [6, 6.07) is 11.2. The largest absolute Gasteiger partial charge is 0.310 e. The van der Waals surface area contributed by atoms with E-state index in [9.17, 15) is 0 Å². The second-order valence-electron chi connectivity index (χ2n) is 4.24. The molecule has 0 saturated carbocycles. The van der Waals surface area contributed by atoms with Crippen molar-refractivity contribution in [3.05, 3.63) is 35.9 Å². The van der Waals surface area contributed by atoms with E-state index in [4.69, 9.17) is 0 Å². The molecule has 1 heteroatoms. The summed E-state index contributed by atoms with van der Waals surface area (Å²) < 4.78 is 0. The maximum absolute atomic E-state index is 3.61. The van der Waals surface area contributed by atoms with Crippen molar-refractivity contribution in [3.63, 3.8) is 0 Å². The van der Waals surface area contributed by atoms with Crippen molar-refractivity contribution < 1.29 is 0 Å². The normalized spacial score (nSPS) is 11.6. The van der Waals surface area contributed by atoms with Crippen LogP contribution >= 0.6 is 0 Å². The Hall–Kier alpha value is -1.26. The van der Waals surface area contributed by atoms with Gasteiger partial charge in [-0.25, -0.2) is 0 Å². The molecule has 1 nitrogen and oxygen atoms in total. The third-order valence-corrected chi connectivity index (χ3v) is 2.81. The summed E-state index contributed by atoms with van der Waals surface area (Å²) in [7, 11) is 0. The molecule has 1 aromatic carbocycles. The Bertz CT molecular complexity index is 345. The van der Waals surface area contributed by atoms with Crippen LogP contribution in [0.25, 0.3) is 0 Å². The van der Waals surface area contributed by atoms with Crippen LogP contribution in [-0.4, -0.2) is 6.54 Å². The monoisotopic (exact) mass is 229 g/mol. The van der Waals surface area contributed by atoms with Crippen molar-refractivity contribution >= 4 is 0 Å². The fraction of sp³-hybridized carbons (Fsp3) is 0.500. The zero-order valence-electron chi connectivity index (χ0n) is 11.0. The van der Waals surface area contributed by atoms with Gasteiger partial charge in [0.15, 0.2) is 0 Å². The number of benzene rings is 1. The highest BCUT2D eigenvalue weighted by Gasteiger charge is 2.08. The van der Waals surface area contributed by atoms with E-state index < -0.39 is 0 Å². The van der Waals surface area contributed by atoms with E-state index in [0.717, 1.165) is 19.4 Å². The Kier molecular flexibility index (Phi) is 7.18. The molecule has 0 aliphatic heterocycles. The van der Waals surface area contributed by atoms with Crippen LogP contribution in [0.4, 0.5) is 0 Å². The van der Waals surface area contributed by atoms with Crippen LogP contribution in [0.5, 0.6) is 0 Å². The van der Waals surface area contributed by atoms with E-state index in [1.54, 1.807) is 0 Å². The number of nitrogens with one attached hydrogen (secondary N) is 1. The molecule has 0 radical (unpaired) electrons. The second kappa shape index (κ2) is 8.84. The topological polar surface area (TPSA) is 12.0 Å². The summed E-state index contributed by atoms with van der Waals surface area (Å²) in [5, 5.41) is 3.61. The lowest BCUT2D eigenvalue weighted by molar-refractivity contribution is 0.487. The molecule has 1 unspecified atom stereocenters. The summed E-state index contributed by atoms with van der Waals surface area (Å²) in [6.07, 6.45) is 4.52. The molecular weight excluding hydrogens is 206 g/mol. The molecule has 0 fully saturated rings. The molecule has 1 rings (SSSR count). The van der Waals surface area contributed by atoms with Gasteiger partial charge in [0.25, 0.3) is 0 Å². The first-order valence-corrected chi connectivity index (χ1v) is 6.56. The van der Waals surface area contributed by atoms with Crippen LogP contribution in [-0.2, 0) is 0 Å². The quantitative estimate of drug-likeness (QED) is 0.552. The summed E-state index contributed by atoms with van der Waals surface area (Å²) in [5.41, 5.74) is 1.39. The van der Waals surface area contributed by atoms with E-state index in [2.05, 4.69) is 54.4 Å². The van der Waals surface area contributed by atoms with E-state index >= 15 is 0 Å². The molecule has 17 heavy (non-hydrogen) atoms. The van der Waals surface area contributed by atoms with Gasteiger partial charge in [0, 0.05) is 12.5 Å². The minimum atomic E-state index is 0.481. The highest BCUT2D eigenvalue weighted by atomic mass is 14.9. The minimum absolute atomic E-state index is 0.481. The Morgan fingerprint density at radius 1 is 1.24 bits per heavy atom. The van der Waals surface area contributed by atoms with Crippen LogP contribution in [0.1, 0.15) is 51.1 Å². The SMILES string of the molecule is CC#CCCCC(NCCC)c1ccccc1. The van der Waals surface area contributed by atoms with Crippen LogP contribution in [0, 0.1) is 11.8 Å². The predicted octanol–water partition coefficient (Wildman–Crippen LogP) is 3.92. The fourth-order valence-corrected chi connectivity index (χ4v) is 1.91. The van der Waals surface area contributed by atoms with Crippen molar-refractivity contribution in [2.45, 2.75) is 45.6 Å². The van der Waals surface area contributed by atoms with Gasteiger partial charge in [-0.2, -0.15) is 0 Å². The van der Waals surface area contributed by atoms with Crippen LogP contribution in [0.3, 0.4) is 0 Å². The standard InChI is InChI=1S/C16H23N/c1-3-5-6-10-13-16(17-14-4-2)15-11-8-7-9-12-15/h7-9,11-12,16-17H,4,6,10,13-14H2,1-2H3. The zero-order chi connectivity index (χ0) is 12.3. The smallest absolute Gasteiger partial charge is 0.0320 e. The Balaban J connectivity index is 2.50.